The molecule has 3 aromatic rings. The van der Waals surface area contributed by atoms with E-state index < -0.39 is 11.8 Å². The highest BCUT2D eigenvalue weighted by Crippen LogP contribution is 2.43. The molecule has 0 atom stereocenters. The molecule has 2 aliphatic heterocycles. The number of nitrogens with zero attached hydrogens (tertiary/aromatic N) is 5. The first kappa shape index (κ1) is 26.4. The van der Waals surface area contributed by atoms with E-state index in [4.69, 9.17) is 5.26 Å². The summed E-state index contributed by atoms with van der Waals surface area (Å²) < 4.78 is 43.7. The molecule has 0 saturated carbocycles. The Morgan fingerprint density at radius 1 is 1.00 bits per heavy atom. The van der Waals surface area contributed by atoms with E-state index in [1.807, 2.05) is 22.9 Å². The van der Waals surface area contributed by atoms with Crippen molar-refractivity contribution in [1.29, 1.82) is 5.26 Å². The van der Waals surface area contributed by atoms with E-state index in [9.17, 15) is 22.8 Å². The van der Waals surface area contributed by atoms with Crippen LogP contribution < -0.4 is 4.74 Å². The third-order valence-electron chi connectivity index (χ3n) is 7.40. The van der Waals surface area contributed by atoms with E-state index >= 15 is 0 Å². The number of amides is 2. The van der Waals surface area contributed by atoms with Crippen LogP contribution in [0.3, 0.4) is 0 Å². The van der Waals surface area contributed by atoms with Gasteiger partial charge in [0, 0.05) is 25.7 Å². The maximum atomic E-state index is 13.4. The third-order valence-corrected chi connectivity index (χ3v) is 7.40. The first-order valence-corrected chi connectivity index (χ1v) is 12.5. The molecule has 8 nitrogen and oxygen atoms in total. The fourth-order valence-electron chi connectivity index (χ4n) is 5.31. The Hall–Kier alpha value is -4.17. The van der Waals surface area contributed by atoms with Crippen LogP contribution in [0.1, 0.15) is 41.6 Å². The van der Waals surface area contributed by atoms with Crippen molar-refractivity contribution >= 4 is 11.8 Å². The van der Waals surface area contributed by atoms with E-state index in [2.05, 4.69) is 20.7 Å². The highest BCUT2D eigenvalue weighted by molar-refractivity contribution is 6.05. The van der Waals surface area contributed by atoms with Gasteiger partial charge in [0.05, 0.1) is 35.6 Å². The number of halogens is 3. The highest BCUT2D eigenvalue weighted by atomic mass is 19.4. The van der Waals surface area contributed by atoms with Crippen LogP contribution in [0, 0.1) is 16.7 Å². The van der Waals surface area contributed by atoms with Gasteiger partial charge in [0.2, 0.25) is 11.8 Å². The minimum absolute atomic E-state index is 0.0906. The molecule has 0 radical (unpaired) electrons. The van der Waals surface area contributed by atoms with Gasteiger partial charge in [-0.15, -0.1) is 13.2 Å². The lowest BCUT2D eigenvalue weighted by atomic mass is 9.77. The smallest absolute Gasteiger partial charge is 0.406 e. The lowest BCUT2D eigenvalue weighted by Crippen LogP contribution is -2.44. The summed E-state index contributed by atoms with van der Waals surface area (Å²) >= 11 is 0. The lowest BCUT2D eigenvalue weighted by Gasteiger charge is -2.37. The first-order chi connectivity index (χ1) is 18.6. The summed E-state index contributed by atoms with van der Waals surface area (Å²) in [6.07, 6.45) is -0.0855. The van der Waals surface area contributed by atoms with Crippen LogP contribution in [0.25, 0.3) is 0 Å². The average Bonchev–Trinajstić information content (AvgIpc) is 3.42. The summed E-state index contributed by atoms with van der Waals surface area (Å²) in [5.74, 6) is -0.961. The number of nitriles is 1. The fourth-order valence-corrected chi connectivity index (χ4v) is 5.31. The van der Waals surface area contributed by atoms with Crippen LogP contribution in [0.15, 0.2) is 61.1 Å². The van der Waals surface area contributed by atoms with Crippen LogP contribution in [-0.2, 0) is 29.2 Å². The van der Waals surface area contributed by atoms with Gasteiger partial charge in [0.25, 0.3) is 0 Å². The molecule has 1 spiro atoms. The van der Waals surface area contributed by atoms with Gasteiger partial charge in [-0.3, -0.25) is 19.4 Å². The zero-order valence-corrected chi connectivity index (χ0v) is 21.0. The van der Waals surface area contributed by atoms with Gasteiger partial charge in [-0.25, -0.2) is 4.98 Å². The average molecular weight is 538 g/mol. The molecule has 5 rings (SSSR count). The molecule has 2 amide bonds. The van der Waals surface area contributed by atoms with Crippen molar-refractivity contribution in [1.82, 2.24) is 19.4 Å². The maximum absolute atomic E-state index is 13.4. The summed E-state index contributed by atoms with van der Waals surface area (Å²) in [5, 5.41) is 8.99. The standard InChI is InChI=1S/C28H26F3N5O3/c29-28(30,31)39-24-3-1-2-22(12-24)17-36-25(37)13-27(26(36)38)8-10-34(11-9-27)18-23-15-33-19-35(23)16-21-6-4-20(14-32)5-7-21/h1-7,12,15,19H,8-11,13,16-18H2. The Balaban J connectivity index is 1.19. The van der Waals surface area contributed by atoms with Gasteiger partial charge in [-0.1, -0.05) is 24.3 Å². The predicted octanol–water partition coefficient (Wildman–Crippen LogP) is 4.24. The van der Waals surface area contributed by atoms with E-state index in [1.54, 1.807) is 24.5 Å². The Morgan fingerprint density at radius 3 is 2.44 bits per heavy atom. The Kier molecular flexibility index (Phi) is 7.14. The maximum Gasteiger partial charge on any atom is 0.573 e. The Morgan fingerprint density at radius 2 is 1.74 bits per heavy atom. The molecule has 2 fully saturated rings. The van der Waals surface area contributed by atoms with Crippen molar-refractivity contribution < 1.29 is 27.5 Å². The number of imidazole rings is 1. The van der Waals surface area contributed by atoms with Gasteiger partial charge < -0.3 is 9.30 Å². The highest BCUT2D eigenvalue weighted by Gasteiger charge is 2.52. The molecular formula is C28H26F3N5O3. The van der Waals surface area contributed by atoms with Gasteiger partial charge in [-0.05, 0) is 61.3 Å². The molecule has 1 aromatic heterocycles. The molecule has 0 unspecified atom stereocenters. The van der Waals surface area contributed by atoms with Crippen molar-refractivity contribution in [2.75, 3.05) is 13.1 Å². The molecule has 0 bridgehead atoms. The van der Waals surface area contributed by atoms with Crippen molar-refractivity contribution in [3.8, 4) is 11.8 Å². The number of alkyl halides is 3. The molecule has 39 heavy (non-hydrogen) atoms. The summed E-state index contributed by atoms with van der Waals surface area (Å²) in [5.41, 5.74) is 2.29. The monoisotopic (exact) mass is 537 g/mol. The fraction of sp³-hybridized carbons (Fsp3) is 0.357. The molecular weight excluding hydrogens is 511 g/mol. The number of benzene rings is 2. The van der Waals surface area contributed by atoms with Crippen LogP contribution >= 0.6 is 0 Å². The molecule has 0 aliphatic carbocycles. The molecule has 0 N–H and O–H groups in total. The molecule has 202 valence electrons. The normalized spacial score (nSPS) is 17.5. The van der Waals surface area contributed by atoms with E-state index in [0.717, 1.165) is 16.2 Å². The quantitative estimate of drug-likeness (QED) is 0.419. The lowest BCUT2D eigenvalue weighted by molar-refractivity contribution is -0.274. The largest absolute Gasteiger partial charge is 0.573 e. The Labute approximate surface area is 223 Å². The summed E-state index contributed by atoms with van der Waals surface area (Å²) in [4.78, 5) is 33.9. The number of carbonyl (C=O) groups is 2. The molecule has 2 saturated heterocycles. The number of aromatic nitrogens is 2. The number of ether oxygens (including phenoxy) is 1. The molecule has 11 heteroatoms. The zero-order valence-electron chi connectivity index (χ0n) is 21.0. The van der Waals surface area contributed by atoms with Crippen molar-refractivity contribution in [3.63, 3.8) is 0 Å². The number of hydrogen-bond acceptors (Lipinski definition) is 6. The Bertz CT molecular complexity index is 1400. The van der Waals surface area contributed by atoms with Crippen LogP contribution in [-0.4, -0.2) is 50.6 Å². The number of rotatable bonds is 7. The SMILES string of the molecule is N#Cc1ccc(Cn2cncc2CN2CCC3(CC2)CC(=O)N(Cc2cccc(OC(F)(F)F)c2)C3=O)cc1. The second-order valence-corrected chi connectivity index (χ2v) is 10.0. The summed E-state index contributed by atoms with van der Waals surface area (Å²) in [6.45, 7) is 2.43. The van der Waals surface area contributed by atoms with E-state index in [-0.39, 0.29) is 30.5 Å². The number of likely N-dealkylation sites (tertiary alicyclic amines) is 2. The van der Waals surface area contributed by atoms with Gasteiger partial charge >= 0.3 is 6.36 Å². The first-order valence-electron chi connectivity index (χ1n) is 12.5. The zero-order chi connectivity index (χ0) is 27.6. The minimum atomic E-state index is -4.82. The topological polar surface area (TPSA) is 91.5 Å². The number of carbonyl (C=O) groups excluding carboxylic acids is 2. The van der Waals surface area contributed by atoms with Gasteiger partial charge in [0.15, 0.2) is 0 Å². The number of hydrogen-bond donors (Lipinski definition) is 0. The van der Waals surface area contributed by atoms with Crippen molar-refractivity contribution in [2.45, 2.75) is 45.3 Å². The van der Waals surface area contributed by atoms with Crippen molar-refractivity contribution in [3.05, 3.63) is 83.4 Å². The van der Waals surface area contributed by atoms with E-state index in [1.165, 1.54) is 18.2 Å². The predicted molar refractivity (Wildman–Crippen MR) is 133 cm³/mol. The van der Waals surface area contributed by atoms with Crippen LogP contribution in [0.2, 0.25) is 0 Å². The number of imide groups is 1. The molecule has 2 aromatic carbocycles. The second-order valence-electron chi connectivity index (χ2n) is 10.0. The summed E-state index contributed by atoms with van der Waals surface area (Å²) in [6, 6.07) is 14.9. The third kappa shape index (κ3) is 5.96. The summed E-state index contributed by atoms with van der Waals surface area (Å²) in [7, 11) is 0. The van der Waals surface area contributed by atoms with Crippen LogP contribution in [0.5, 0.6) is 5.75 Å². The molecule has 3 heterocycles. The van der Waals surface area contributed by atoms with E-state index in [0.29, 0.717) is 50.1 Å². The van der Waals surface area contributed by atoms with Gasteiger partial charge in [-0.2, -0.15) is 5.26 Å². The van der Waals surface area contributed by atoms with Crippen molar-refractivity contribution in [2.24, 2.45) is 5.41 Å². The number of piperidine rings is 1. The van der Waals surface area contributed by atoms with Crippen LogP contribution in [0.4, 0.5) is 13.2 Å². The minimum Gasteiger partial charge on any atom is -0.406 e. The molecule has 2 aliphatic rings. The van der Waals surface area contributed by atoms with Gasteiger partial charge in [0.1, 0.15) is 5.75 Å². The second kappa shape index (κ2) is 10.5.